The van der Waals surface area contributed by atoms with E-state index in [-0.39, 0.29) is 12.1 Å². The van der Waals surface area contributed by atoms with Gasteiger partial charge in [0.15, 0.2) is 0 Å². The lowest BCUT2D eigenvalue weighted by Crippen LogP contribution is -2.08. The van der Waals surface area contributed by atoms with Gasteiger partial charge < -0.3 is 0 Å². The molecule has 1 aromatic rings. The van der Waals surface area contributed by atoms with Crippen molar-refractivity contribution in [3.05, 3.63) is 35.1 Å². The highest BCUT2D eigenvalue weighted by molar-refractivity contribution is 7.78. The molecule has 0 saturated carbocycles. The first-order valence-electron chi connectivity index (χ1n) is 3.67. The Morgan fingerprint density at radius 2 is 1.86 bits per heavy atom. The van der Waals surface area contributed by atoms with Crippen molar-refractivity contribution in [1.29, 1.82) is 0 Å². The number of benzene rings is 1. The summed E-state index contributed by atoms with van der Waals surface area (Å²) in [5, 5.41) is 0. The van der Waals surface area contributed by atoms with Crippen LogP contribution >= 0.6 is 12.8 Å². The molecule has 78 valence electrons. The summed E-state index contributed by atoms with van der Waals surface area (Å²) in [6.45, 7) is 0.0734. The molecule has 0 bridgehead atoms. The minimum Gasteiger partial charge on any atom is -0.262 e. The molecule has 0 amide bonds. The van der Waals surface area contributed by atoms with Crippen LogP contribution in [0, 0.1) is 5.82 Å². The van der Waals surface area contributed by atoms with E-state index in [9.17, 15) is 17.6 Å². The molecular formula is C8H7F4NS. The second-order valence-electron chi connectivity index (χ2n) is 2.68. The molecule has 0 heterocycles. The molecular weight excluding hydrogens is 218 g/mol. The van der Waals surface area contributed by atoms with Gasteiger partial charge in [0.1, 0.15) is 5.82 Å². The lowest BCUT2D eigenvalue weighted by molar-refractivity contribution is -0.137. The van der Waals surface area contributed by atoms with Crippen LogP contribution in [0.25, 0.3) is 0 Å². The summed E-state index contributed by atoms with van der Waals surface area (Å²) in [6, 6.07) is 2.37. The highest BCUT2D eigenvalue weighted by Gasteiger charge is 2.31. The molecule has 0 aliphatic carbocycles. The molecule has 0 radical (unpaired) electrons. The third-order valence-corrected chi connectivity index (χ3v) is 1.73. The Labute approximate surface area is 83.7 Å². The van der Waals surface area contributed by atoms with Gasteiger partial charge in [-0.3, -0.25) is 4.72 Å². The Kier molecular flexibility index (Phi) is 3.38. The fraction of sp³-hybridized carbons (Fsp3) is 0.250. The molecule has 1 N–H and O–H groups in total. The zero-order chi connectivity index (χ0) is 10.8. The molecule has 1 aromatic carbocycles. The van der Waals surface area contributed by atoms with Crippen molar-refractivity contribution in [2.75, 3.05) is 0 Å². The molecule has 0 spiro atoms. The van der Waals surface area contributed by atoms with E-state index in [1.54, 1.807) is 0 Å². The van der Waals surface area contributed by atoms with Gasteiger partial charge in [-0.2, -0.15) is 13.2 Å². The maximum Gasteiger partial charge on any atom is 0.416 e. The van der Waals surface area contributed by atoms with Crippen molar-refractivity contribution < 1.29 is 17.6 Å². The van der Waals surface area contributed by atoms with Gasteiger partial charge >= 0.3 is 6.18 Å². The van der Waals surface area contributed by atoms with E-state index < -0.39 is 17.6 Å². The van der Waals surface area contributed by atoms with Crippen molar-refractivity contribution in [1.82, 2.24) is 4.72 Å². The van der Waals surface area contributed by atoms with Crippen molar-refractivity contribution in [2.45, 2.75) is 12.7 Å². The Hall–Kier alpha value is -0.750. The number of hydrogen-bond acceptors (Lipinski definition) is 2. The fourth-order valence-corrected chi connectivity index (χ4v) is 1.19. The summed E-state index contributed by atoms with van der Waals surface area (Å²) < 4.78 is 51.6. The predicted octanol–water partition coefficient (Wildman–Crippen LogP) is 2.78. The van der Waals surface area contributed by atoms with E-state index in [0.717, 1.165) is 12.1 Å². The molecule has 1 nitrogen and oxygen atoms in total. The first-order chi connectivity index (χ1) is 6.43. The highest BCUT2D eigenvalue weighted by atomic mass is 32.1. The lowest BCUT2D eigenvalue weighted by atomic mass is 10.1. The van der Waals surface area contributed by atoms with Crippen LogP contribution in [0.5, 0.6) is 0 Å². The normalized spacial score (nSPS) is 11.8. The number of alkyl halides is 3. The molecule has 0 atom stereocenters. The van der Waals surface area contributed by atoms with Gasteiger partial charge in [0.05, 0.1) is 5.56 Å². The van der Waals surface area contributed by atoms with Crippen LogP contribution in [0.3, 0.4) is 0 Å². The largest absolute Gasteiger partial charge is 0.416 e. The quantitative estimate of drug-likeness (QED) is 0.582. The molecule has 0 fully saturated rings. The standard InChI is InChI=1S/C8H7F4NS/c9-7-2-5(4-13-14)1-6(3-7)8(10,11)12/h1-3,13-14H,4H2. The van der Waals surface area contributed by atoms with Crippen LogP contribution in [0.15, 0.2) is 18.2 Å². The smallest absolute Gasteiger partial charge is 0.262 e. The molecule has 0 aliphatic rings. The van der Waals surface area contributed by atoms with E-state index in [2.05, 4.69) is 17.5 Å². The summed E-state index contributed by atoms with van der Waals surface area (Å²) in [5.41, 5.74) is -0.789. The fourth-order valence-electron chi connectivity index (χ4n) is 1.01. The van der Waals surface area contributed by atoms with Gasteiger partial charge in [-0.25, -0.2) is 4.39 Å². The van der Waals surface area contributed by atoms with Gasteiger partial charge in [-0.15, -0.1) is 0 Å². The molecule has 0 aromatic heterocycles. The third kappa shape index (κ3) is 2.88. The van der Waals surface area contributed by atoms with E-state index in [1.807, 2.05) is 0 Å². The van der Waals surface area contributed by atoms with Crippen LogP contribution in [0.2, 0.25) is 0 Å². The summed E-state index contributed by atoms with van der Waals surface area (Å²) >= 11 is 3.62. The number of thiol groups is 1. The second kappa shape index (κ2) is 4.18. The maximum atomic E-state index is 12.7. The first kappa shape index (κ1) is 11.3. The average molecular weight is 225 g/mol. The first-order valence-corrected chi connectivity index (χ1v) is 4.12. The summed E-state index contributed by atoms with van der Waals surface area (Å²) in [7, 11) is 0. The molecule has 0 aliphatic heterocycles. The van der Waals surface area contributed by atoms with Gasteiger partial charge in [0.2, 0.25) is 0 Å². The minimum atomic E-state index is -4.52. The van der Waals surface area contributed by atoms with Gasteiger partial charge in [0, 0.05) is 6.54 Å². The summed E-state index contributed by atoms with van der Waals surface area (Å²) in [6.07, 6.45) is -4.52. The summed E-state index contributed by atoms with van der Waals surface area (Å²) in [4.78, 5) is 0. The highest BCUT2D eigenvalue weighted by Crippen LogP contribution is 2.30. The zero-order valence-corrected chi connectivity index (χ0v) is 7.79. The van der Waals surface area contributed by atoms with E-state index in [0.29, 0.717) is 6.07 Å². The molecule has 14 heavy (non-hydrogen) atoms. The number of halogens is 4. The predicted molar refractivity (Wildman–Crippen MR) is 47.2 cm³/mol. The molecule has 6 heteroatoms. The molecule has 0 unspecified atom stereocenters. The van der Waals surface area contributed by atoms with Crippen LogP contribution in [0.4, 0.5) is 17.6 Å². The Balaban J connectivity index is 3.07. The Morgan fingerprint density at radius 3 is 2.36 bits per heavy atom. The van der Waals surface area contributed by atoms with Gasteiger partial charge in [-0.05, 0) is 23.8 Å². The van der Waals surface area contributed by atoms with Gasteiger partial charge in [-0.1, -0.05) is 12.8 Å². The minimum absolute atomic E-state index is 0.0734. The second-order valence-corrected chi connectivity index (χ2v) is 3.00. The van der Waals surface area contributed by atoms with E-state index >= 15 is 0 Å². The van der Waals surface area contributed by atoms with Crippen LogP contribution in [-0.4, -0.2) is 0 Å². The number of nitrogens with one attached hydrogen (secondary N) is 1. The Morgan fingerprint density at radius 1 is 1.21 bits per heavy atom. The topological polar surface area (TPSA) is 12.0 Å². The third-order valence-electron chi connectivity index (χ3n) is 1.57. The molecule has 1 rings (SSSR count). The van der Waals surface area contributed by atoms with Crippen LogP contribution < -0.4 is 4.72 Å². The SMILES string of the molecule is Fc1cc(CNS)cc(C(F)(F)F)c1. The van der Waals surface area contributed by atoms with E-state index in [1.165, 1.54) is 0 Å². The van der Waals surface area contributed by atoms with E-state index in [4.69, 9.17) is 0 Å². The van der Waals surface area contributed by atoms with Crippen molar-refractivity contribution in [3.8, 4) is 0 Å². The van der Waals surface area contributed by atoms with Crippen molar-refractivity contribution in [2.24, 2.45) is 0 Å². The monoisotopic (exact) mass is 225 g/mol. The van der Waals surface area contributed by atoms with Crippen LogP contribution in [0.1, 0.15) is 11.1 Å². The van der Waals surface area contributed by atoms with Crippen molar-refractivity contribution >= 4 is 12.8 Å². The lowest BCUT2D eigenvalue weighted by Gasteiger charge is -2.08. The van der Waals surface area contributed by atoms with Crippen molar-refractivity contribution in [3.63, 3.8) is 0 Å². The van der Waals surface area contributed by atoms with Gasteiger partial charge in [0.25, 0.3) is 0 Å². The maximum absolute atomic E-state index is 12.7. The number of hydrogen-bond donors (Lipinski definition) is 2. The number of rotatable bonds is 2. The summed E-state index contributed by atoms with van der Waals surface area (Å²) in [5.74, 6) is -0.904. The van der Waals surface area contributed by atoms with Crippen LogP contribution in [-0.2, 0) is 12.7 Å². The zero-order valence-electron chi connectivity index (χ0n) is 6.90. The molecule has 0 saturated heterocycles. The average Bonchev–Trinajstić information content (AvgIpc) is 2.02. The Bertz CT molecular complexity index is 324.